The van der Waals surface area contributed by atoms with E-state index in [1.165, 1.54) is 24.8 Å². The van der Waals surface area contributed by atoms with Crippen LogP contribution >= 0.6 is 0 Å². The number of likely N-dealkylation sites (tertiary alicyclic amines) is 3. The molecule has 2 amide bonds. The molecule has 2 bridgehead atoms. The molecule has 4 fully saturated rings. The minimum Gasteiger partial charge on any atom is -0.475 e. The zero-order valence-electron chi connectivity index (χ0n) is 25.9. The van der Waals surface area contributed by atoms with Gasteiger partial charge < -0.3 is 20.2 Å². The topological polar surface area (TPSA) is 93.2 Å². The number of piperidine rings is 1. The van der Waals surface area contributed by atoms with Crippen molar-refractivity contribution in [3.63, 3.8) is 0 Å². The predicted molar refractivity (Wildman–Crippen MR) is 164 cm³/mol. The maximum absolute atomic E-state index is 13.3. The molecule has 1 saturated carbocycles. The summed E-state index contributed by atoms with van der Waals surface area (Å²) < 4.78 is 31.7. The van der Waals surface area contributed by atoms with Gasteiger partial charge in [0.15, 0.2) is 0 Å². The summed E-state index contributed by atoms with van der Waals surface area (Å²) in [6, 6.07) is 17.2. The van der Waals surface area contributed by atoms with Crippen molar-refractivity contribution in [3.8, 4) is 0 Å². The smallest absolute Gasteiger partial charge is 0.475 e. The number of hydrogen-bond donors (Lipinski definition) is 2. The van der Waals surface area contributed by atoms with Crippen molar-refractivity contribution >= 4 is 17.8 Å². The van der Waals surface area contributed by atoms with Gasteiger partial charge >= 0.3 is 12.1 Å². The summed E-state index contributed by atoms with van der Waals surface area (Å²) in [6.45, 7) is 10.4. The Kier molecular flexibility index (Phi) is 10.2. The zero-order valence-corrected chi connectivity index (χ0v) is 25.9. The van der Waals surface area contributed by atoms with Crippen LogP contribution in [-0.2, 0) is 9.59 Å². The molecule has 2 aromatic carbocycles. The molecule has 244 valence electrons. The lowest BCUT2D eigenvalue weighted by Crippen LogP contribution is -2.42. The van der Waals surface area contributed by atoms with E-state index >= 15 is 0 Å². The summed E-state index contributed by atoms with van der Waals surface area (Å²) in [5, 5.41) is 10.5. The molecule has 4 aliphatic rings. The second kappa shape index (κ2) is 13.9. The SMILES string of the molecule is Cc1cccc(C)c1C(=O)N1CC2CN(CCC(NC(=O)CN3CC4CCC3C4)c3ccccc3)C[C@H]2C1.O=C(O)C(F)(F)F. The highest BCUT2D eigenvalue weighted by atomic mass is 19.4. The van der Waals surface area contributed by atoms with Crippen LogP contribution in [0.25, 0.3) is 0 Å². The average Bonchev–Trinajstić information content (AvgIpc) is 3.77. The highest BCUT2D eigenvalue weighted by Gasteiger charge is 2.42. The Morgan fingerprint density at radius 3 is 2.07 bits per heavy atom. The Bertz CT molecular complexity index is 1340. The van der Waals surface area contributed by atoms with E-state index in [4.69, 9.17) is 9.90 Å². The van der Waals surface area contributed by atoms with Gasteiger partial charge in [-0.15, -0.1) is 0 Å². The second-order valence-electron chi connectivity index (χ2n) is 13.1. The summed E-state index contributed by atoms with van der Waals surface area (Å²) in [6.07, 6.45) is -0.303. The van der Waals surface area contributed by atoms with E-state index in [-0.39, 0.29) is 17.9 Å². The van der Waals surface area contributed by atoms with Gasteiger partial charge in [0.25, 0.3) is 5.91 Å². The molecule has 5 atom stereocenters. The largest absolute Gasteiger partial charge is 0.490 e. The van der Waals surface area contributed by atoms with Crippen LogP contribution in [0.2, 0.25) is 0 Å². The lowest BCUT2D eigenvalue weighted by molar-refractivity contribution is -0.192. The van der Waals surface area contributed by atoms with Gasteiger partial charge in [0.1, 0.15) is 0 Å². The van der Waals surface area contributed by atoms with Crippen LogP contribution < -0.4 is 5.32 Å². The number of carbonyl (C=O) groups excluding carboxylic acids is 2. The van der Waals surface area contributed by atoms with Crippen LogP contribution in [0.1, 0.15) is 58.8 Å². The fourth-order valence-electron chi connectivity index (χ4n) is 7.71. The lowest BCUT2D eigenvalue weighted by atomic mass is 10.0. The second-order valence-corrected chi connectivity index (χ2v) is 13.1. The zero-order chi connectivity index (χ0) is 32.3. The van der Waals surface area contributed by atoms with E-state index in [1.54, 1.807) is 0 Å². The summed E-state index contributed by atoms with van der Waals surface area (Å²) in [7, 11) is 0. The Labute approximate surface area is 262 Å². The molecule has 0 radical (unpaired) electrons. The number of rotatable bonds is 8. The van der Waals surface area contributed by atoms with Gasteiger partial charge in [-0.05, 0) is 74.0 Å². The minimum atomic E-state index is -5.08. The van der Waals surface area contributed by atoms with Crippen LogP contribution in [0, 0.1) is 31.6 Å². The van der Waals surface area contributed by atoms with Gasteiger partial charge in [-0.1, -0.05) is 48.5 Å². The number of aryl methyl sites for hydroxylation is 2. The third-order valence-corrected chi connectivity index (χ3v) is 9.93. The monoisotopic (exact) mass is 628 g/mol. The van der Waals surface area contributed by atoms with Crippen molar-refractivity contribution in [1.82, 2.24) is 20.0 Å². The number of nitrogens with one attached hydrogen (secondary N) is 1. The fourth-order valence-corrected chi connectivity index (χ4v) is 7.71. The first-order valence-corrected chi connectivity index (χ1v) is 15.8. The molecule has 0 aromatic heterocycles. The number of benzene rings is 2. The number of fused-ring (bicyclic) bond motifs is 3. The number of nitrogens with zero attached hydrogens (tertiary/aromatic N) is 3. The molecule has 6 rings (SSSR count). The van der Waals surface area contributed by atoms with Crippen molar-refractivity contribution in [1.29, 1.82) is 0 Å². The summed E-state index contributed by atoms with van der Waals surface area (Å²) >= 11 is 0. The third kappa shape index (κ3) is 8.05. The van der Waals surface area contributed by atoms with Gasteiger partial charge in [0.05, 0.1) is 12.6 Å². The highest BCUT2D eigenvalue weighted by Crippen LogP contribution is 2.37. The number of carbonyl (C=O) groups is 3. The van der Waals surface area contributed by atoms with Gasteiger partial charge in [-0.3, -0.25) is 14.5 Å². The van der Waals surface area contributed by atoms with Crippen molar-refractivity contribution in [2.75, 3.05) is 45.8 Å². The summed E-state index contributed by atoms with van der Waals surface area (Å²) in [4.78, 5) is 42.3. The molecular weight excluding hydrogens is 585 g/mol. The van der Waals surface area contributed by atoms with Gasteiger partial charge in [0, 0.05) is 50.9 Å². The van der Waals surface area contributed by atoms with Crippen LogP contribution in [-0.4, -0.2) is 95.6 Å². The standard InChI is InChI=1S/C32H42N4O2.C2HF3O2/c1-22-7-6-8-23(2)31(22)32(38)36-19-26-17-34(18-27(26)20-36)14-13-29(25-9-4-3-5-10-25)33-30(37)21-35-16-24-11-12-28(35)15-24;3-2(4,5)1(6)7/h3-10,24,26-29H,11-21H2,1-2H3,(H,33,37);(H,6,7)/t24?,26-,27?,28?,29?;/m0./s1. The number of aliphatic carboxylic acids is 1. The van der Waals surface area contributed by atoms with E-state index in [0.717, 1.165) is 68.3 Å². The quantitative estimate of drug-likeness (QED) is 0.442. The van der Waals surface area contributed by atoms with E-state index < -0.39 is 12.1 Å². The minimum absolute atomic E-state index is 0.0334. The van der Waals surface area contributed by atoms with Crippen LogP contribution in [0.5, 0.6) is 0 Å². The third-order valence-electron chi connectivity index (χ3n) is 9.93. The number of alkyl halides is 3. The molecule has 4 unspecified atom stereocenters. The first-order chi connectivity index (χ1) is 21.4. The number of halogens is 3. The molecule has 3 heterocycles. The molecule has 45 heavy (non-hydrogen) atoms. The fraction of sp³-hybridized carbons (Fsp3) is 0.559. The number of carboxylic acids is 1. The highest BCUT2D eigenvalue weighted by molar-refractivity contribution is 5.97. The normalized spacial score (nSPS) is 25.0. The average molecular weight is 629 g/mol. The number of amides is 2. The van der Waals surface area contributed by atoms with Crippen molar-refractivity contribution in [2.45, 2.75) is 57.8 Å². The first-order valence-electron chi connectivity index (χ1n) is 15.8. The first kappa shape index (κ1) is 32.9. The maximum atomic E-state index is 13.3. The van der Waals surface area contributed by atoms with Crippen molar-refractivity contribution in [2.24, 2.45) is 17.8 Å². The summed E-state index contributed by atoms with van der Waals surface area (Å²) in [5.74, 6) is -0.519. The number of carboxylic acid groups (broad SMARTS) is 1. The van der Waals surface area contributed by atoms with E-state index in [9.17, 15) is 22.8 Å². The Hall–Kier alpha value is -3.44. The van der Waals surface area contributed by atoms with Crippen LogP contribution in [0.3, 0.4) is 0 Å². The molecule has 3 aliphatic heterocycles. The molecular formula is C34H43F3N4O4. The Balaban J connectivity index is 0.000000515. The lowest BCUT2D eigenvalue weighted by Gasteiger charge is -2.28. The van der Waals surface area contributed by atoms with E-state index in [1.807, 2.05) is 38.1 Å². The van der Waals surface area contributed by atoms with Crippen molar-refractivity contribution in [3.05, 3.63) is 70.8 Å². The molecule has 2 N–H and O–H groups in total. The van der Waals surface area contributed by atoms with E-state index in [0.29, 0.717) is 24.4 Å². The Morgan fingerprint density at radius 1 is 0.911 bits per heavy atom. The molecule has 11 heteroatoms. The van der Waals surface area contributed by atoms with Crippen LogP contribution in [0.4, 0.5) is 13.2 Å². The van der Waals surface area contributed by atoms with Crippen LogP contribution in [0.15, 0.2) is 48.5 Å². The van der Waals surface area contributed by atoms with Gasteiger partial charge in [0.2, 0.25) is 5.91 Å². The molecule has 2 aromatic rings. The molecule has 1 aliphatic carbocycles. The predicted octanol–water partition coefficient (Wildman–Crippen LogP) is 4.67. The Morgan fingerprint density at radius 2 is 1.53 bits per heavy atom. The molecule has 8 nitrogen and oxygen atoms in total. The van der Waals surface area contributed by atoms with Gasteiger partial charge in [-0.2, -0.15) is 13.2 Å². The maximum Gasteiger partial charge on any atom is 0.490 e. The molecule has 0 spiro atoms. The van der Waals surface area contributed by atoms with Crippen molar-refractivity contribution < 1.29 is 32.7 Å². The van der Waals surface area contributed by atoms with Gasteiger partial charge in [-0.25, -0.2) is 4.79 Å². The number of hydrogen-bond acceptors (Lipinski definition) is 5. The molecule has 3 saturated heterocycles. The van der Waals surface area contributed by atoms with E-state index in [2.05, 4.69) is 44.3 Å². The summed E-state index contributed by atoms with van der Waals surface area (Å²) in [5.41, 5.74) is 4.21.